The summed E-state index contributed by atoms with van der Waals surface area (Å²) in [6, 6.07) is 0. The Morgan fingerprint density at radius 3 is 2.71 bits per heavy atom. The van der Waals surface area contributed by atoms with Crippen molar-refractivity contribution < 1.29 is 9.90 Å². The van der Waals surface area contributed by atoms with Crippen LogP contribution in [0.4, 0.5) is 0 Å². The molecule has 0 aromatic rings. The van der Waals surface area contributed by atoms with Gasteiger partial charge in [0, 0.05) is 18.7 Å². The van der Waals surface area contributed by atoms with E-state index in [1.807, 2.05) is 13.8 Å². The zero-order valence-electron chi connectivity index (χ0n) is 8.97. The summed E-state index contributed by atoms with van der Waals surface area (Å²) in [4.78, 5) is 11.3. The Labute approximate surface area is 85.4 Å². The normalized spacial score (nSPS) is 11.1. The maximum Gasteiger partial charge on any atom is 0.234 e. The van der Waals surface area contributed by atoms with Gasteiger partial charge in [0.05, 0.1) is 6.54 Å². The standard InChI is InChI=1S/C10H20N2O2/c1-4-6-11-8-9(14)12-10(2,3)5-7-13/h4,11,13H,1,5-8H2,2-3H3,(H,12,14). The molecule has 0 aliphatic rings. The van der Waals surface area contributed by atoms with Gasteiger partial charge < -0.3 is 15.7 Å². The summed E-state index contributed by atoms with van der Waals surface area (Å²) >= 11 is 0. The largest absolute Gasteiger partial charge is 0.396 e. The van der Waals surface area contributed by atoms with Crippen molar-refractivity contribution in [3.05, 3.63) is 12.7 Å². The summed E-state index contributed by atoms with van der Waals surface area (Å²) < 4.78 is 0. The van der Waals surface area contributed by atoms with Gasteiger partial charge in [-0.25, -0.2) is 0 Å². The summed E-state index contributed by atoms with van der Waals surface area (Å²) in [5.41, 5.74) is -0.346. The maximum absolute atomic E-state index is 11.3. The number of carbonyl (C=O) groups excluding carboxylic acids is 1. The van der Waals surface area contributed by atoms with Crippen LogP contribution in [0.5, 0.6) is 0 Å². The van der Waals surface area contributed by atoms with Crippen molar-refractivity contribution in [2.75, 3.05) is 19.7 Å². The molecule has 4 heteroatoms. The minimum Gasteiger partial charge on any atom is -0.396 e. The first-order chi connectivity index (χ1) is 6.52. The smallest absolute Gasteiger partial charge is 0.234 e. The van der Waals surface area contributed by atoms with Crippen LogP contribution in [0.1, 0.15) is 20.3 Å². The van der Waals surface area contributed by atoms with E-state index in [4.69, 9.17) is 5.11 Å². The van der Waals surface area contributed by atoms with Crippen LogP contribution in [0.25, 0.3) is 0 Å². The van der Waals surface area contributed by atoms with Crippen molar-refractivity contribution in [1.29, 1.82) is 0 Å². The van der Waals surface area contributed by atoms with E-state index in [1.165, 1.54) is 0 Å². The van der Waals surface area contributed by atoms with Crippen LogP contribution >= 0.6 is 0 Å². The van der Waals surface area contributed by atoms with Gasteiger partial charge in [-0.1, -0.05) is 6.08 Å². The monoisotopic (exact) mass is 200 g/mol. The molecule has 0 fully saturated rings. The van der Waals surface area contributed by atoms with Gasteiger partial charge in [-0.2, -0.15) is 0 Å². The molecule has 0 unspecified atom stereocenters. The molecule has 0 atom stereocenters. The second-order valence-electron chi connectivity index (χ2n) is 3.83. The molecule has 4 nitrogen and oxygen atoms in total. The van der Waals surface area contributed by atoms with E-state index in [1.54, 1.807) is 6.08 Å². The molecule has 0 saturated carbocycles. The molecule has 82 valence electrons. The third-order valence-electron chi connectivity index (χ3n) is 1.79. The van der Waals surface area contributed by atoms with E-state index in [0.717, 1.165) is 0 Å². The molecule has 0 spiro atoms. The first-order valence-electron chi connectivity index (χ1n) is 4.75. The van der Waals surface area contributed by atoms with E-state index in [2.05, 4.69) is 17.2 Å². The molecular weight excluding hydrogens is 180 g/mol. The van der Waals surface area contributed by atoms with Crippen LogP contribution in [-0.2, 0) is 4.79 Å². The highest BCUT2D eigenvalue weighted by molar-refractivity contribution is 5.78. The van der Waals surface area contributed by atoms with Crippen molar-refractivity contribution in [1.82, 2.24) is 10.6 Å². The van der Waals surface area contributed by atoms with Crippen LogP contribution in [-0.4, -0.2) is 36.2 Å². The molecule has 0 aromatic carbocycles. The van der Waals surface area contributed by atoms with Gasteiger partial charge in [0.1, 0.15) is 0 Å². The van der Waals surface area contributed by atoms with Gasteiger partial charge in [-0.05, 0) is 20.3 Å². The highest BCUT2D eigenvalue weighted by Gasteiger charge is 2.18. The lowest BCUT2D eigenvalue weighted by Crippen LogP contribution is -2.47. The molecule has 3 N–H and O–H groups in total. The van der Waals surface area contributed by atoms with Crippen LogP contribution < -0.4 is 10.6 Å². The SMILES string of the molecule is C=CCNCC(=O)NC(C)(C)CCO. The van der Waals surface area contributed by atoms with Crippen molar-refractivity contribution in [2.45, 2.75) is 25.8 Å². The van der Waals surface area contributed by atoms with E-state index in [0.29, 0.717) is 13.0 Å². The van der Waals surface area contributed by atoms with Crippen LogP contribution in [0.3, 0.4) is 0 Å². The zero-order valence-corrected chi connectivity index (χ0v) is 8.97. The zero-order chi connectivity index (χ0) is 11.0. The summed E-state index contributed by atoms with van der Waals surface area (Å²) in [5, 5.41) is 14.5. The topological polar surface area (TPSA) is 61.4 Å². The number of rotatable bonds is 7. The summed E-state index contributed by atoms with van der Waals surface area (Å²) in [5.74, 6) is -0.0645. The van der Waals surface area contributed by atoms with Crippen LogP contribution in [0.15, 0.2) is 12.7 Å². The average molecular weight is 200 g/mol. The van der Waals surface area contributed by atoms with Gasteiger partial charge in [-0.15, -0.1) is 6.58 Å². The summed E-state index contributed by atoms with van der Waals surface area (Å²) in [7, 11) is 0. The molecule has 0 aromatic heterocycles. The predicted molar refractivity (Wildman–Crippen MR) is 57.0 cm³/mol. The molecule has 14 heavy (non-hydrogen) atoms. The first kappa shape index (κ1) is 13.1. The van der Waals surface area contributed by atoms with Crippen molar-refractivity contribution >= 4 is 5.91 Å². The maximum atomic E-state index is 11.3. The third-order valence-corrected chi connectivity index (χ3v) is 1.79. The minimum absolute atomic E-state index is 0.0645. The molecule has 0 heterocycles. The Morgan fingerprint density at radius 2 is 2.21 bits per heavy atom. The Kier molecular flexibility index (Phi) is 6.16. The van der Waals surface area contributed by atoms with E-state index in [-0.39, 0.29) is 24.6 Å². The quantitative estimate of drug-likeness (QED) is 0.401. The number of nitrogens with one attached hydrogen (secondary N) is 2. The summed E-state index contributed by atoms with van der Waals surface area (Å²) in [6.45, 7) is 8.28. The van der Waals surface area contributed by atoms with Gasteiger partial charge in [0.25, 0.3) is 0 Å². The fourth-order valence-corrected chi connectivity index (χ4v) is 1.05. The molecular formula is C10H20N2O2. The number of aliphatic hydroxyl groups excluding tert-OH is 1. The van der Waals surface area contributed by atoms with Crippen molar-refractivity contribution in [3.63, 3.8) is 0 Å². The molecule has 0 bridgehead atoms. The Hall–Kier alpha value is -0.870. The number of amides is 1. The fraction of sp³-hybridized carbons (Fsp3) is 0.700. The van der Waals surface area contributed by atoms with Crippen LogP contribution in [0.2, 0.25) is 0 Å². The molecule has 0 radical (unpaired) electrons. The summed E-state index contributed by atoms with van der Waals surface area (Å²) in [6.07, 6.45) is 2.26. The predicted octanol–water partition coefficient (Wildman–Crippen LogP) is 0.0392. The third kappa shape index (κ3) is 6.62. The Balaban J connectivity index is 3.74. The van der Waals surface area contributed by atoms with E-state index in [9.17, 15) is 4.79 Å². The Morgan fingerprint density at radius 1 is 1.57 bits per heavy atom. The van der Waals surface area contributed by atoms with Gasteiger partial charge in [0.15, 0.2) is 0 Å². The number of aliphatic hydroxyl groups is 1. The number of hydrogen-bond donors (Lipinski definition) is 3. The van der Waals surface area contributed by atoms with Crippen molar-refractivity contribution in [2.24, 2.45) is 0 Å². The number of carbonyl (C=O) groups is 1. The van der Waals surface area contributed by atoms with Gasteiger partial charge in [0.2, 0.25) is 5.91 Å². The lowest BCUT2D eigenvalue weighted by Gasteiger charge is -2.25. The van der Waals surface area contributed by atoms with Gasteiger partial charge in [-0.3, -0.25) is 4.79 Å². The number of hydrogen-bond acceptors (Lipinski definition) is 3. The molecule has 0 aliphatic heterocycles. The molecule has 0 aliphatic carbocycles. The minimum atomic E-state index is -0.346. The lowest BCUT2D eigenvalue weighted by atomic mass is 10.0. The van der Waals surface area contributed by atoms with E-state index >= 15 is 0 Å². The second-order valence-corrected chi connectivity index (χ2v) is 3.83. The molecule has 0 rings (SSSR count). The van der Waals surface area contributed by atoms with Crippen LogP contribution in [0, 0.1) is 0 Å². The Bertz CT molecular complexity index is 191. The highest BCUT2D eigenvalue weighted by Crippen LogP contribution is 2.06. The fourth-order valence-electron chi connectivity index (χ4n) is 1.05. The second kappa shape index (κ2) is 6.56. The van der Waals surface area contributed by atoms with E-state index < -0.39 is 0 Å². The molecule has 0 saturated heterocycles. The van der Waals surface area contributed by atoms with Gasteiger partial charge >= 0.3 is 0 Å². The highest BCUT2D eigenvalue weighted by atomic mass is 16.3. The first-order valence-corrected chi connectivity index (χ1v) is 4.75. The lowest BCUT2D eigenvalue weighted by molar-refractivity contribution is -0.121. The molecule has 1 amide bonds. The van der Waals surface area contributed by atoms with Crippen molar-refractivity contribution in [3.8, 4) is 0 Å². The average Bonchev–Trinajstić information content (AvgIpc) is 2.03.